The predicted octanol–water partition coefficient (Wildman–Crippen LogP) is 0.975. The highest BCUT2D eigenvalue weighted by molar-refractivity contribution is 7.79. The van der Waals surface area contributed by atoms with Crippen molar-refractivity contribution in [3.63, 3.8) is 0 Å². The number of benzene rings is 1. The topological polar surface area (TPSA) is 79.0 Å². The molecular weight excluding hydrogens is 204 g/mol. The van der Waals surface area contributed by atoms with Crippen LogP contribution in [0.15, 0.2) is 39.9 Å². The molecule has 0 amide bonds. The molecule has 0 aliphatic rings. The van der Waals surface area contributed by atoms with Crippen LogP contribution in [-0.2, 0) is 11.1 Å². The minimum absolute atomic E-state index is 0.235. The zero-order valence-corrected chi connectivity index (χ0v) is 7.73. The van der Waals surface area contributed by atoms with Crippen molar-refractivity contribution in [3.05, 3.63) is 30.3 Å². The van der Waals surface area contributed by atoms with Crippen LogP contribution in [0.5, 0.6) is 0 Å². The summed E-state index contributed by atoms with van der Waals surface area (Å²) in [5.41, 5.74) is 0.895. The van der Waals surface area contributed by atoms with E-state index in [9.17, 15) is 8.76 Å². The fraction of sp³-hybridized carbons (Fsp3) is 0. The van der Waals surface area contributed by atoms with E-state index in [1.807, 2.05) is 6.07 Å². The average molecular weight is 209 g/mol. The molecule has 2 rings (SSSR count). The lowest BCUT2D eigenvalue weighted by Gasteiger charge is -2.00. The molecule has 0 spiro atoms. The number of aromatic nitrogens is 2. The van der Waals surface area contributed by atoms with Gasteiger partial charge in [-0.1, -0.05) is 30.3 Å². The maximum Gasteiger partial charge on any atom is 0.238 e. The van der Waals surface area contributed by atoms with Crippen molar-refractivity contribution in [2.45, 2.75) is 5.09 Å². The molecule has 1 atom stereocenters. The fourth-order valence-corrected chi connectivity index (χ4v) is 1.47. The van der Waals surface area contributed by atoms with Crippen molar-refractivity contribution in [2.24, 2.45) is 0 Å². The molecule has 5 nitrogen and oxygen atoms in total. The van der Waals surface area contributed by atoms with Gasteiger partial charge < -0.3 is 9.08 Å². The minimum Gasteiger partial charge on any atom is -0.766 e. The van der Waals surface area contributed by atoms with Gasteiger partial charge >= 0.3 is 0 Å². The third-order valence-corrected chi connectivity index (χ3v) is 2.23. The van der Waals surface area contributed by atoms with Crippen LogP contribution < -0.4 is 0 Å². The number of hydrogen-bond donors (Lipinski definition) is 0. The van der Waals surface area contributed by atoms with Gasteiger partial charge in [0.25, 0.3) is 0 Å². The molecule has 1 heterocycles. The molecule has 14 heavy (non-hydrogen) atoms. The van der Waals surface area contributed by atoms with Crippen LogP contribution in [0, 0.1) is 0 Å². The smallest absolute Gasteiger partial charge is 0.238 e. The highest BCUT2D eigenvalue weighted by Gasteiger charge is 2.12. The Balaban J connectivity index is 2.52. The van der Waals surface area contributed by atoms with Gasteiger partial charge in [0.05, 0.1) is 0 Å². The quantitative estimate of drug-likeness (QED) is 0.688. The van der Waals surface area contributed by atoms with Crippen LogP contribution in [0.4, 0.5) is 0 Å². The molecule has 0 N–H and O–H groups in total. The van der Waals surface area contributed by atoms with Gasteiger partial charge in [-0.2, -0.15) is 0 Å². The standard InChI is InChI=1S/C8H6N2O3S/c11-14(12)8-7(9-10-13-8)6-4-2-1-3-5-6/h1-5H,(H,11,12)/p-1. The molecule has 2 aromatic rings. The predicted molar refractivity (Wildman–Crippen MR) is 46.9 cm³/mol. The molecule has 0 fully saturated rings. The van der Waals surface area contributed by atoms with Gasteiger partial charge in [0, 0.05) is 21.9 Å². The zero-order valence-electron chi connectivity index (χ0n) is 6.91. The van der Waals surface area contributed by atoms with Crippen LogP contribution in [0.2, 0.25) is 0 Å². The zero-order chi connectivity index (χ0) is 9.97. The van der Waals surface area contributed by atoms with E-state index in [4.69, 9.17) is 0 Å². The highest BCUT2D eigenvalue weighted by atomic mass is 32.2. The fourth-order valence-electron chi connectivity index (χ4n) is 1.06. The van der Waals surface area contributed by atoms with Gasteiger partial charge in [-0.15, -0.1) is 5.10 Å². The number of nitrogens with zero attached hydrogens (tertiary/aromatic N) is 2. The summed E-state index contributed by atoms with van der Waals surface area (Å²) in [6.07, 6.45) is 0. The van der Waals surface area contributed by atoms with E-state index in [-0.39, 0.29) is 10.8 Å². The first-order valence-electron chi connectivity index (χ1n) is 3.76. The monoisotopic (exact) mass is 209 g/mol. The summed E-state index contributed by atoms with van der Waals surface area (Å²) < 4.78 is 25.9. The lowest BCUT2D eigenvalue weighted by molar-refractivity contribution is 0.319. The van der Waals surface area contributed by atoms with Gasteiger partial charge in [0.15, 0.2) is 0 Å². The van der Waals surface area contributed by atoms with Gasteiger partial charge in [-0.25, -0.2) is 0 Å². The van der Waals surface area contributed by atoms with Crippen molar-refractivity contribution >= 4 is 11.1 Å². The van der Waals surface area contributed by atoms with Crippen molar-refractivity contribution in [1.29, 1.82) is 0 Å². The van der Waals surface area contributed by atoms with Crippen molar-refractivity contribution < 1.29 is 13.3 Å². The molecule has 6 heteroatoms. The van der Waals surface area contributed by atoms with Crippen molar-refractivity contribution in [3.8, 4) is 11.3 Å². The Morgan fingerprint density at radius 2 is 2.00 bits per heavy atom. The Bertz CT molecular complexity index is 455. The average Bonchev–Trinajstić information content (AvgIpc) is 2.67. The molecule has 72 valence electrons. The van der Waals surface area contributed by atoms with Gasteiger partial charge in [0.2, 0.25) is 5.09 Å². The van der Waals surface area contributed by atoms with Crippen molar-refractivity contribution in [1.82, 2.24) is 10.4 Å². The number of rotatable bonds is 2. The molecule has 1 aromatic heterocycles. The third kappa shape index (κ3) is 1.57. The van der Waals surface area contributed by atoms with E-state index < -0.39 is 11.1 Å². The lowest BCUT2D eigenvalue weighted by atomic mass is 10.2. The van der Waals surface area contributed by atoms with Gasteiger partial charge in [-0.05, 0) is 0 Å². The molecule has 0 aliphatic carbocycles. The Morgan fingerprint density at radius 3 is 2.64 bits per heavy atom. The molecule has 0 aliphatic heterocycles. The van der Waals surface area contributed by atoms with E-state index in [2.05, 4.69) is 14.9 Å². The normalized spacial score (nSPS) is 12.6. The summed E-state index contributed by atoms with van der Waals surface area (Å²) in [4.78, 5) is 0. The largest absolute Gasteiger partial charge is 0.766 e. The van der Waals surface area contributed by atoms with Crippen LogP contribution in [0.25, 0.3) is 11.3 Å². The number of hydrogen-bond acceptors (Lipinski definition) is 5. The maximum atomic E-state index is 10.7. The first-order chi connectivity index (χ1) is 6.79. The van der Waals surface area contributed by atoms with E-state index in [1.54, 1.807) is 24.3 Å². The summed E-state index contributed by atoms with van der Waals surface area (Å²) in [6.45, 7) is 0. The summed E-state index contributed by atoms with van der Waals surface area (Å²) in [7, 11) is 0. The molecule has 0 saturated heterocycles. The Morgan fingerprint density at radius 1 is 1.29 bits per heavy atom. The van der Waals surface area contributed by atoms with E-state index in [0.29, 0.717) is 5.56 Å². The molecular formula is C8H5N2O3S-. The van der Waals surface area contributed by atoms with E-state index in [1.165, 1.54) is 0 Å². The van der Waals surface area contributed by atoms with Crippen LogP contribution >= 0.6 is 0 Å². The molecule has 1 unspecified atom stereocenters. The first-order valence-corrected chi connectivity index (χ1v) is 4.83. The van der Waals surface area contributed by atoms with Gasteiger partial charge in [-0.3, -0.25) is 4.21 Å². The Labute approximate surface area is 82.0 Å². The third-order valence-electron chi connectivity index (χ3n) is 1.66. The van der Waals surface area contributed by atoms with Crippen LogP contribution in [0.1, 0.15) is 0 Å². The first kappa shape index (κ1) is 9.04. The minimum atomic E-state index is -2.45. The van der Waals surface area contributed by atoms with E-state index >= 15 is 0 Å². The molecule has 0 radical (unpaired) electrons. The van der Waals surface area contributed by atoms with Gasteiger partial charge in [0.1, 0.15) is 5.69 Å². The van der Waals surface area contributed by atoms with Crippen molar-refractivity contribution in [2.75, 3.05) is 0 Å². The second-order valence-electron chi connectivity index (χ2n) is 2.51. The highest BCUT2D eigenvalue weighted by Crippen LogP contribution is 2.22. The lowest BCUT2D eigenvalue weighted by Crippen LogP contribution is -1.89. The van der Waals surface area contributed by atoms with Crippen LogP contribution in [0.3, 0.4) is 0 Å². The van der Waals surface area contributed by atoms with E-state index in [0.717, 1.165) is 0 Å². The second-order valence-corrected chi connectivity index (χ2v) is 3.35. The summed E-state index contributed by atoms with van der Waals surface area (Å²) in [5.74, 6) is 0. The Kier molecular flexibility index (Phi) is 2.38. The molecule has 1 aromatic carbocycles. The second kappa shape index (κ2) is 3.69. The summed E-state index contributed by atoms with van der Waals surface area (Å²) in [6, 6.07) is 8.85. The molecule has 0 saturated carbocycles. The summed E-state index contributed by atoms with van der Waals surface area (Å²) in [5, 5.41) is 6.56. The molecule has 0 bridgehead atoms. The maximum absolute atomic E-state index is 10.7. The SMILES string of the molecule is O=S([O-])c1onnc1-c1ccccc1. The Hall–Kier alpha value is -1.53. The van der Waals surface area contributed by atoms with Crippen LogP contribution in [-0.4, -0.2) is 19.1 Å². The summed E-state index contributed by atoms with van der Waals surface area (Å²) >= 11 is -2.45.